The van der Waals surface area contributed by atoms with Crippen LogP contribution in [0.1, 0.15) is 5.69 Å². The van der Waals surface area contributed by atoms with Crippen molar-refractivity contribution in [1.82, 2.24) is 9.97 Å². The first kappa shape index (κ1) is 13.8. The Balaban J connectivity index is 1.72. The molecule has 2 heterocycles. The Morgan fingerprint density at radius 1 is 1.00 bits per heavy atom. The van der Waals surface area contributed by atoms with Crippen LogP contribution in [0.5, 0.6) is 0 Å². The van der Waals surface area contributed by atoms with Gasteiger partial charge in [0.05, 0.1) is 11.4 Å². The highest BCUT2D eigenvalue weighted by Crippen LogP contribution is 2.22. The Morgan fingerprint density at radius 2 is 1.67 bits per heavy atom. The molecule has 0 bridgehead atoms. The molecule has 0 saturated carbocycles. The summed E-state index contributed by atoms with van der Waals surface area (Å²) in [6.45, 7) is 3.43. The number of halogens is 1. The van der Waals surface area contributed by atoms with E-state index in [-0.39, 0.29) is 5.82 Å². The molecule has 1 aliphatic rings. The fourth-order valence-corrected chi connectivity index (χ4v) is 2.63. The summed E-state index contributed by atoms with van der Waals surface area (Å²) >= 11 is 0. The number of nitrogens with zero attached hydrogens (tertiary/aromatic N) is 4. The van der Waals surface area contributed by atoms with E-state index in [0.717, 1.165) is 37.7 Å². The van der Waals surface area contributed by atoms with Gasteiger partial charge in [-0.2, -0.15) is 0 Å². The minimum atomic E-state index is -0.173. The zero-order valence-electron chi connectivity index (χ0n) is 11.7. The molecule has 0 radical (unpaired) electrons. The molecule has 2 N–H and O–H groups in total. The molecular weight excluding hydrogens is 269 g/mol. The fraction of sp³-hybridized carbons (Fsp3) is 0.333. The monoisotopic (exact) mass is 287 g/mol. The van der Waals surface area contributed by atoms with Crippen LogP contribution in [0.4, 0.5) is 15.9 Å². The van der Waals surface area contributed by atoms with E-state index in [1.165, 1.54) is 6.07 Å². The van der Waals surface area contributed by atoms with Crippen LogP contribution < -0.4 is 15.5 Å². The van der Waals surface area contributed by atoms with Crippen LogP contribution in [0.3, 0.4) is 0 Å². The lowest BCUT2D eigenvalue weighted by molar-refractivity contribution is 0.595. The van der Waals surface area contributed by atoms with Crippen molar-refractivity contribution in [2.75, 3.05) is 36.0 Å². The number of rotatable bonds is 3. The first-order valence-corrected chi connectivity index (χ1v) is 7.04. The van der Waals surface area contributed by atoms with Crippen molar-refractivity contribution >= 4 is 11.5 Å². The minimum absolute atomic E-state index is 0.173. The average Bonchev–Trinajstić information content (AvgIpc) is 2.55. The predicted molar refractivity (Wildman–Crippen MR) is 80.7 cm³/mol. The summed E-state index contributed by atoms with van der Waals surface area (Å²) in [6, 6.07) is 6.89. The fourth-order valence-electron chi connectivity index (χ4n) is 2.63. The highest BCUT2D eigenvalue weighted by atomic mass is 19.1. The topological polar surface area (TPSA) is 58.3 Å². The highest BCUT2D eigenvalue weighted by Gasteiger charge is 2.21. The standard InChI is InChI=1S/C15H18FN5/c16-12-3-1-2-4-14(12)20-7-9-21(10-8-20)15-13(11-17)18-5-6-19-15/h1-6H,7-11,17H2. The molecular formula is C15H18FN5. The Hall–Kier alpha value is -2.21. The lowest BCUT2D eigenvalue weighted by Crippen LogP contribution is -2.47. The van der Waals surface area contributed by atoms with Gasteiger partial charge in [-0.25, -0.2) is 9.37 Å². The molecule has 0 aliphatic carbocycles. The van der Waals surface area contributed by atoms with E-state index in [0.29, 0.717) is 12.2 Å². The largest absolute Gasteiger partial charge is 0.366 e. The van der Waals surface area contributed by atoms with Crippen LogP contribution in [0.25, 0.3) is 0 Å². The molecule has 1 aromatic heterocycles. The van der Waals surface area contributed by atoms with E-state index < -0.39 is 0 Å². The zero-order chi connectivity index (χ0) is 14.7. The molecule has 0 amide bonds. The van der Waals surface area contributed by atoms with Gasteiger partial charge in [-0.15, -0.1) is 0 Å². The van der Waals surface area contributed by atoms with E-state index in [2.05, 4.69) is 19.8 Å². The van der Waals surface area contributed by atoms with Gasteiger partial charge in [0.25, 0.3) is 0 Å². The summed E-state index contributed by atoms with van der Waals surface area (Å²) < 4.78 is 13.8. The van der Waals surface area contributed by atoms with E-state index >= 15 is 0 Å². The summed E-state index contributed by atoms with van der Waals surface area (Å²) in [6.07, 6.45) is 3.33. The van der Waals surface area contributed by atoms with Gasteiger partial charge in [-0.1, -0.05) is 12.1 Å². The molecule has 1 aliphatic heterocycles. The van der Waals surface area contributed by atoms with Crippen LogP contribution >= 0.6 is 0 Å². The summed E-state index contributed by atoms with van der Waals surface area (Å²) in [7, 11) is 0. The molecule has 0 atom stereocenters. The SMILES string of the molecule is NCc1nccnc1N1CCN(c2ccccc2F)CC1. The van der Waals surface area contributed by atoms with Gasteiger partial charge in [0.1, 0.15) is 5.82 Å². The van der Waals surface area contributed by atoms with Gasteiger partial charge in [0.2, 0.25) is 0 Å². The van der Waals surface area contributed by atoms with Crippen LogP contribution in [0, 0.1) is 5.82 Å². The molecule has 5 nitrogen and oxygen atoms in total. The molecule has 110 valence electrons. The van der Waals surface area contributed by atoms with Crippen molar-refractivity contribution in [3.8, 4) is 0 Å². The Kier molecular flexibility index (Phi) is 3.96. The summed E-state index contributed by atoms with van der Waals surface area (Å²) in [5.74, 6) is 0.668. The van der Waals surface area contributed by atoms with Crippen molar-refractivity contribution in [2.45, 2.75) is 6.54 Å². The number of aromatic nitrogens is 2. The van der Waals surface area contributed by atoms with Crippen molar-refractivity contribution < 1.29 is 4.39 Å². The second-order valence-corrected chi connectivity index (χ2v) is 4.96. The Morgan fingerprint density at radius 3 is 2.38 bits per heavy atom. The third-order valence-corrected chi connectivity index (χ3v) is 3.72. The number of piperazine rings is 1. The van der Waals surface area contributed by atoms with Crippen molar-refractivity contribution in [1.29, 1.82) is 0 Å². The molecule has 0 spiro atoms. The molecule has 6 heteroatoms. The quantitative estimate of drug-likeness (QED) is 0.925. The molecule has 2 aromatic rings. The van der Waals surface area contributed by atoms with E-state index in [1.54, 1.807) is 18.5 Å². The molecule has 21 heavy (non-hydrogen) atoms. The number of hydrogen-bond donors (Lipinski definition) is 1. The van der Waals surface area contributed by atoms with Gasteiger partial charge in [-0.3, -0.25) is 4.98 Å². The molecule has 1 fully saturated rings. The highest BCUT2D eigenvalue weighted by molar-refractivity contribution is 5.51. The zero-order valence-corrected chi connectivity index (χ0v) is 11.7. The smallest absolute Gasteiger partial charge is 0.151 e. The predicted octanol–water partition coefficient (Wildman–Crippen LogP) is 1.40. The van der Waals surface area contributed by atoms with Crippen LogP contribution in [0.15, 0.2) is 36.7 Å². The normalized spacial score (nSPS) is 15.3. The summed E-state index contributed by atoms with van der Waals surface area (Å²) in [5.41, 5.74) is 7.17. The Bertz CT molecular complexity index is 611. The second kappa shape index (κ2) is 6.05. The molecule has 1 saturated heterocycles. The second-order valence-electron chi connectivity index (χ2n) is 4.96. The summed E-state index contributed by atoms with van der Waals surface area (Å²) in [5, 5.41) is 0. The Labute approximate surface area is 123 Å². The van der Waals surface area contributed by atoms with Crippen LogP contribution in [-0.4, -0.2) is 36.1 Å². The summed E-state index contributed by atoms with van der Waals surface area (Å²) in [4.78, 5) is 12.9. The van der Waals surface area contributed by atoms with E-state index in [4.69, 9.17) is 5.73 Å². The van der Waals surface area contributed by atoms with E-state index in [9.17, 15) is 4.39 Å². The third kappa shape index (κ3) is 2.80. The van der Waals surface area contributed by atoms with Crippen molar-refractivity contribution in [3.63, 3.8) is 0 Å². The molecule has 3 rings (SSSR count). The van der Waals surface area contributed by atoms with Gasteiger partial charge >= 0.3 is 0 Å². The lowest BCUT2D eigenvalue weighted by Gasteiger charge is -2.37. The lowest BCUT2D eigenvalue weighted by atomic mass is 10.2. The first-order chi connectivity index (χ1) is 10.3. The maximum Gasteiger partial charge on any atom is 0.151 e. The van der Waals surface area contributed by atoms with Gasteiger partial charge in [0, 0.05) is 45.1 Å². The number of hydrogen-bond acceptors (Lipinski definition) is 5. The maximum atomic E-state index is 13.8. The maximum absolute atomic E-state index is 13.8. The number of nitrogens with two attached hydrogens (primary N) is 1. The average molecular weight is 287 g/mol. The number of benzene rings is 1. The number of anilines is 2. The van der Waals surface area contributed by atoms with Crippen LogP contribution in [-0.2, 0) is 6.54 Å². The van der Waals surface area contributed by atoms with Gasteiger partial charge in [-0.05, 0) is 12.1 Å². The molecule has 0 unspecified atom stereocenters. The minimum Gasteiger partial charge on any atom is -0.366 e. The van der Waals surface area contributed by atoms with Crippen molar-refractivity contribution in [2.24, 2.45) is 5.73 Å². The van der Waals surface area contributed by atoms with Crippen LogP contribution in [0.2, 0.25) is 0 Å². The van der Waals surface area contributed by atoms with Gasteiger partial charge < -0.3 is 15.5 Å². The first-order valence-electron chi connectivity index (χ1n) is 7.04. The third-order valence-electron chi connectivity index (χ3n) is 3.72. The van der Waals surface area contributed by atoms with Crippen molar-refractivity contribution in [3.05, 3.63) is 48.2 Å². The number of para-hydroxylation sites is 1. The van der Waals surface area contributed by atoms with E-state index in [1.807, 2.05) is 12.1 Å². The molecule has 1 aromatic carbocycles. The van der Waals surface area contributed by atoms with Gasteiger partial charge in [0.15, 0.2) is 5.82 Å².